The molecule has 0 aliphatic carbocycles. The highest BCUT2D eigenvalue weighted by atomic mass is 35.5. The van der Waals surface area contributed by atoms with Gasteiger partial charge in [-0.1, -0.05) is 0 Å². The lowest BCUT2D eigenvalue weighted by atomic mass is 10.2. The molecule has 0 aromatic carbocycles. The van der Waals surface area contributed by atoms with Crippen molar-refractivity contribution in [2.24, 2.45) is 5.73 Å². The Morgan fingerprint density at radius 3 is 1.91 bits per heavy atom. The van der Waals surface area contributed by atoms with Crippen LogP contribution >= 0.6 is 12.4 Å². The Labute approximate surface area is 73.7 Å². The monoisotopic (exact) mass is 181 g/mol. The molecule has 11 heavy (non-hydrogen) atoms. The summed E-state index contributed by atoms with van der Waals surface area (Å²) in [5.41, 5.74) is 4.84. The first-order valence-corrected chi connectivity index (χ1v) is 3.31. The summed E-state index contributed by atoms with van der Waals surface area (Å²) in [6, 6.07) is -0.528. The van der Waals surface area contributed by atoms with Crippen LogP contribution in [0, 0.1) is 0 Å². The fourth-order valence-corrected chi connectivity index (χ4v) is 0.395. The molecule has 2 N–H and O–H groups in total. The van der Waals surface area contributed by atoms with E-state index in [4.69, 9.17) is 10.5 Å². The Kier molecular flexibility index (Phi) is 5.53. The zero-order valence-corrected chi connectivity index (χ0v) is 8.20. The lowest BCUT2D eigenvalue weighted by molar-refractivity contribution is -0.155. The van der Waals surface area contributed by atoms with Gasteiger partial charge in [0, 0.05) is 0 Å². The minimum atomic E-state index is -0.528. The fraction of sp³-hybridized carbons (Fsp3) is 0.857. The van der Waals surface area contributed by atoms with E-state index in [0.29, 0.717) is 0 Å². The molecule has 0 amide bonds. The van der Waals surface area contributed by atoms with Crippen molar-refractivity contribution in [3.8, 4) is 0 Å². The number of hydrogen-bond acceptors (Lipinski definition) is 3. The van der Waals surface area contributed by atoms with Crippen molar-refractivity contribution in [1.29, 1.82) is 0 Å². The Hall–Kier alpha value is -0.280. The van der Waals surface area contributed by atoms with Gasteiger partial charge in [0.25, 0.3) is 0 Å². The van der Waals surface area contributed by atoms with Gasteiger partial charge in [0.15, 0.2) is 0 Å². The van der Waals surface area contributed by atoms with E-state index in [9.17, 15) is 4.79 Å². The molecule has 0 heterocycles. The average molecular weight is 182 g/mol. The zero-order valence-electron chi connectivity index (χ0n) is 7.38. The van der Waals surface area contributed by atoms with Gasteiger partial charge in [-0.05, 0) is 27.7 Å². The molecular weight excluding hydrogens is 166 g/mol. The minimum absolute atomic E-state index is 0. The van der Waals surface area contributed by atoms with E-state index in [1.807, 2.05) is 20.8 Å². The Bertz CT molecular complexity index is 129. The molecule has 0 saturated carbocycles. The Balaban J connectivity index is 0. The van der Waals surface area contributed by atoms with Gasteiger partial charge in [0.05, 0.1) is 0 Å². The number of esters is 1. The second-order valence-electron chi connectivity index (χ2n) is 3.32. The predicted octanol–water partition coefficient (Wildman–Crippen LogP) is 1.10. The van der Waals surface area contributed by atoms with Crippen molar-refractivity contribution >= 4 is 18.4 Å². The molecule has 3 nitrogen and oxygen atoms in total. The van der Waals surface area contributed by atoms with Gasteiger partial charge < -0.3 is 10.5 Å². The Morgan fingerprint density at radius 1 is 1.45 bits per heavy atom. The van der Waals surface area contributed by atoms with Gasteiger partial charge >= 0.3 is 5.97 Å². The van der Waals surface area contributed by atoms with Crippen LogP contribution in [-0.2, 0) is 9.53 Å². The molecule has 0 fully saturated rings. The fourth-order valence-electron chi connectivity index (χ4n) is 0.395. The molecule has 0 aromatic heterocycles. The van der Waals surface area contributed by atoms with Crippen LogP contribution in [0.4, 0.5) is 0 Å². The van der Waals surface area contributed by atoms with E-state index in [1.165, 1.54) is 0 Å². The largest absolute Gasteiger partial charge is 0.459 e. The van der Waals surface area contributed by atoms with Crippen LogP contribution in [0.3, 0.4) is 0 Å². The SMILES string of the molecule is C[C@@H](N)C(=O)OC(C)(C)C.Cl. The van der Waals surface area contributed by atoms with Crippen LogP contribution in [0.5, 0.6) is 0 Å². The van der Waals surface area contributed by atoms with Crippen molar-refractivity contribution in [1.82, 2.24) is 0 Å². The van der Waals surface area contributed by atoms with Crippen molar-refractivity contribution in [2.45, 2.75) is 39.3 Å². The topological polar surface area (TPSA) is 52.3 Å². The molecule has 4 heteroatoms. The molecule has 0 aliphatic rings. The first kappa shape index (κ1) is 13.3. The quantitative estimate of drug-likeness (QED) is 0.617. The second-order valence-corrected chi connectivity index (χ2v) is 3.32. The van der Waals surface area contributed by atoms with Crippen LogP contribution in [0.15, 0.2) is 0 Å². The summed E-state index contributed by atoms with van der Waals surface area (Å²) in [6.07, 6.45) is 0. The first-order chi connectivity index (χ1) is 4.33. The molecule has 1 atom stereocenters. The van der Waals surface area contributed by atoms with Gasteiger partial charge in [0.1, 0.15) is 11.6 Å². The van der Waals surface area contributed by atoms with Gasteiger partial charge in [0.2, 0.25) is 0 Å². The molecule has 0 unspecified atom stereocenters. The summed E-state index contributed by atoms with van der Waals surface area (Å²) in [7, 11) is 0. The summed E-state index contributed by atoms with van der Waals surface area (Å²) >= 11 is 0. The van der Waals surface area contributed by atoms with Crippen molar-refractivity contribution in [3.63, 3.8) is 0 Å². The Morgan fingerprint density at radius 2 is 1.82 bits per heavy atom. The summed E-state index contributed by atoms with van der Waals surface area (Å²) in [5.74, 6) is -0.354. The average Bonchev–Trinajstić information content (AvgIpc) is 1.60. The molecular formula is C7H16ClNO2. The maximum absolute atomic E-state index is 10.8. The molecule has 0 bridgehead atoms. The maximum Gasteiger partial charge on any atom is 0.323 e. The number of hydrogen-bond donors (Lipinski definition) is 1. The highest BCUT2D eigenvalue weighted by Crippen LogP contribution is 2.07. The van der Waals surface area contributed by atoms with E-state index in [2.05, 4.69) is 0 Å². The third kappa shape index (κ3) is 7.62. The van der Waals surface area contributed by atoms with Crippen molar-refractivity contribution < 1.29 is 9.53 Å². The van der Waals surface area contributed by atoms with E-state index < -0.39 is 11.6 Å². The van der Waals surface area contributed by atoms with Crippen molar-refractivity contribution in [3.05, 3.63) is 0 Å². The second kappa shape index (κ2) is 4.57. The van der Waals surface area contributed by atoms with Gasteiger partial charge in [-0.2, -0.15) is 0 Å². The molecule has 0 spiro atoms. The van der Waals surface area contributed by atoms with Crippen LogP contribution in [0.1, 0.15) is 27.7 Å². The smallest absolute Gasteiger partial charge is 0.323 e. The van der Waals surface area contributed by atoms with Crippen LogP contribution in [-0.4, -0.2) is 17.6 Å². The zero-order chi connectivity index (χ0) is 8.36. The van der Waals surface area contributed by atoms with E-state index in [-0.39, 0.29) is 18.4 Å². The van der Waals surface area contributed by atoms with E-state index >= 15 is 0 Å². The normalized spacial score (nSPS) is 13.2. The maximum atomic E-state index is 10.8. The minimum Gasteiger partial charge on any atom is -0.459 e. The summed E-state index contributed by atoms with van der Waals surface area (Å²) in [5, 5.41) is 0. The third-order valence-electron chi connectivity index (χ3n) is 0.779. The number of nitrogens with two attached hydrogens (primary N) is 1. The summed E-state index contributed by atoms with van der Waals surface area (Å²) in [4.78, 5) is 10.8. The van der Waals surface area contributed by atoms with Crippen molar-refractivity contribution in [2.75, 3.05) is 0 Å². The van der Waals surface area contributed by atoms with Gasteiger partial charge in [-0.3, -0.25) is 4.79 Å². The molecule has 68 valence electrons. The molecule has 0 rings (SSSR count). The molecule has 0 radical (unpaired) electrons. The summed E-state index contributed by atoms with van der Waals surface area (Å²) < 4.78 is 4.94. The highest BCUT2D eigenvalue weighted by Gasteiger charge is 2.18. The number of rotatable bonds is 1. The van der Waals surface area contributed by atoms with Gasteiger partial charge in [-0.25, -0.2) is 0 Å². The first-order valence-electron chi connectivity index (χ1n) is 3.31. The lowest BCUT2D eigenvalue weighted by Crippen LogP contribution is -2.35. The molecule has 0 saturated heterocycles. The van der Waals surface area contributed by atoms with E-state index in [1.54, 1.807) is 6.92 Å². The standard InChI is InChI=1S/C7H15NO2.ClH/c1-5(8)6(9)10-7(2,3)4;/h5H,8H2,1-4H3;1H/t5-;/m1./s1. The third-order valence-corrected chi connectivity index (χ3v) is 0.779. The number of carbonyl (C=O) groups is 1. The van der Waals surface area contributed by atoms with Gasteiger partial charge in [-0.15, -0.1) is 12.4 Å². The number of halogens is 1. The number of ether oxygens (including phenoxy) is 1. The number of carbonyl (C=O) groups excluding carboxylic acids is 1. The van der Waals surface area contributed by atoms with Crippen LogP contribution in [0.25, 0.3) is 0 Å². The molecule has 0 aliphatic heterocycles. The summed E-state index contributed by atoms with van der Waals surface area (Å²) in [6.45, 7) is 7.04. The highest BCUT2D eigenvalue weighted by molar-refractivity contribution is 5.85. The van der Waals surface area contributed by atoms with E-state index in [0.717, 1.165) is 0 Å². The predicted molar refractivity (Wildman–Crippen MR) is 46.7 cm³/mol. The molecule has 0 aromatic rings. The van der Waals surface area contributed by atoms with Crippen LogP contribution in [0.2, 0.25) is 0 Å². The van der Waals surface area contributed by atoms with Crippen LogP contribution < -0.4 is 5.73 Å². The lowest BCUT2D eigenvalue weighted by Gasteiger charge is -2.20.